The molecule has 0 saturated heterocycles. The number of ketones is 1. The van der Waals surface area contributed by atoms with Crippen LogP contribution in [0.3, 0.4) is 0 Å². The molecule has 0 aliphatic carbocycles. The summed E-state index contributed by atoms with van der Waals surface area (Å²) in [5.41, 5.74) is 0. The van der Waals surface area contributed by atoms with Crippen LogP contribution in [0, 0.1) is 0 Å². The molecule has 6 nitrogen and oxygen atoms in total. The molecule has 0 fully saturated rings. The van der Waals surface area contributed by atoms with Crippen LogP contribution in [-0.2, 0) is 19.7 Å². The van der Waals surface area contributed by atoms with Gasteiger partial charge in [0, 0.05) is 6.42 Å². The van der Waals surface area contributed by atoms with Crippen LogP contribution in [0.4, 0.5) is 0 Å². The number of aliphatic carboxylic acids is 1. The summed E-state index contributed by atoms with van der Waals surface area (Å²) in [4.78, 5) is 21.6. The second-order valence-electron chi connectivity index (χ2n) is 6.83. The van der Waals surface area contributed by atoms with Crippen molar-refractivity contribution in [2.24, 2.45) is 0 Å². The topological polar surface area (TPSA) is 109 Å². The Morgan fingerprint density at radius 1 is 0.760 bits per heavy atom. The Balaban J connectivity index is 3.39. The van der Waals surface area contributed by atoms with Crippen LogP contribution in [0.5, 0.6) is 0 Å². The maximum Gasteiger partial charge on any atom is 0.324 e. The fourth-order valence-corrected chi connectivity index (χ4v) is 3.59. The molecule has 0 aliphatic heterocycles. The minimum atomic E-state index is -4.50. The van der Waals surface area contributed by atoms with Crippen molar-refractivity contribution in [2.75, 3.05) is 0 Å². The number of hydrogen-bond donors (Lipinski definition) is 2. The van der Waals surface area contributed by atoms with Crippen LogP contribution in [0.2, 0.25) is 0 Å². The van der Waals surface area contributed by atoms with Crippen molar-refractivity contribution < 1.29 is 27.7 Å². The maximum atomic E-state index is 10.9. The van der Waals surface area contributed by atoms with Crippen molar-refractivity contribution in [1.82, 2.24) is 0 Å². The summed E-state index contributed by atoms with van der Waals surface area (Å²) in [6, 6.07) is 0. The Morgan fingerprint density at radius 3 is 1.44 bits per heavy atom. The van der Waals surface area contributed by atoms with E-state index >= 15 is 0 Å². The molecule has 25 heavy (non-hydrogen) atoms. The second kappa shape index (κ2) is 14.2. The second-order valence-corrected chi connectivity index (χ2v) is 8.42. The third kappa shape index (κ3) is 15.1. The van der Waals surface area contributed by atoms with Gasteiger partial charge >= 0.3 is 5.97 Å². The lowest BCUT2D eigenvalue weighted by Crippen LogP contribution is -2.29. The molecular formula is C18H34O6S. The van der Waals surface area contributed by atoms with Gasteiger partial charge in [0.2, 0.25) is 0 Å². The predicted molar refractivity (Wildman–Crippen MR) is 98.3 cm³/mol. The molecule has 0 aromatic rings. The van der Waals surface area contributed by atoms with Gasteiger partial charge in [-0.25, -0.2) is 0 Å². The van der Waals surface area contributed by atoms with Gasteiger partial charge in [-0.2, -0.15) is 8.42 Å². The molecule has 1 unspecified atom stereocenters. The van der Waals surface area contributed by atoms with Crippen molar-refractivity contribution in [3.63, 3.8) is 0 Å². The van der Waals surface area contributed by atoms with Crippen molar-refractivity contribution in [2.45, 2.75) is 102 Å². The van der Waals surface area contributed by atoms with E-state index < -0.39 is 21.3 Å². The number of carboxylic acids is 1. The summed E-state index contributed by atoms with van der Waals surface area (Å²) in [5.74, 6) is -1.21. The van der Waals surface area contributed by atoms with Gasteiger partial charge in [0.1, 0.15) is 5.78 Å². The van der Waals surface area contributed by atoms with Crippen LogP contribution in [0.15, 0.2) is 0 Å². The zero-order valence-corrected chi connectivity index (χ0v) is 16.2. The Kier molecular flexibility index (Phi) is 13.7. The van der Waals surface area contributed by atoms with Crippen LogP contribution in [0.25, 0.3) is 0 Å². The molecular weight excluding hydrogens is 344 g/mol. The first-order valence-corrected chi connectivity index (χ1v) is 10.9. The highest BCUT2D eigenvalue weighted by molar-refractivity contribution is 7.87. The summed E-state index contributed by atoms with van der Waals surface area (Å²) in [7, 11) is -4.50. The van der Waals surface area contributed by atoms with E-state index in [2.05, 4.69) is 0 Å². The Bertz CT molecular complexity index is 472. The highest BCUT2D eigenvalue weighted by Gasteiger charge is 2.29. The van der Waals surface area contributed by atoms with Crippen LogP contribution in [0.1, 0.15) is 96.8 Å². The van der Waals surface area contributed by atoms with Gasteiger partial charge in [0.05, 0.1) is 0 Å². The summed E-state index contributed by atoms with van der Waals surface area (Å²) < 4.78 is 30.7. The maximum absolute atomic E-state index is 10.9. The Morgan fingerprint density at radius 2 is 1.12 bits per heavy atom. The zero-order valence-electron chi connectivity index (χ0n) is 15.4. The van der Waals surface area contributed by atoms with E-state index in [0.717, 1.165) is 38.5 Å². The monoisotopic (exact) mass is 378 g/mol. The van der Waals surface area contributed by atoms with Crippen molar-refractivity contribution in [3.8, 4) is 0 Å². The average molecular weight is 379 g/mol. The van der Waals surface area contributed by atoms with Gasteiger partial charge in [0.15, 0.2) is 5.25 Å². The average Bonchev–Trinajstić information content (AvgIpc) is 2.49. The predicted octanol–water partition coefficient (Wildman–Crippen LogP) is 4.38. The largest absolute Gasteiger partial charge is 0.480 e. The summed E-state index contributed by atoms with van der Waals surface area (Å²) in [6.07, 6.45) is 13.4. The standard InChI is InChI=1S/C18H34O6S/c1-16(19)14-12-10-8-6-4-2-3-5-7-9-11-13-15-17(18(20)21)25(22,23)24/h17H,2-15H2,1H3,(H,20,21)(H,22,23,24). The number of carbonyl (C=O) groups is 2. The number of rotatable bonds is 17. The molecule has 0 aliphatic rings. The fourth-order valence-electron chi connectivity index (χ4n) is 2.87. The van der Waals surface area contributed by atoms with Gasteiger partial charge in [0.25, 0.3) is 10.1 Å². The normalized spacial score (nSPS) is 12.9. The number of carboxylic acid groups (broad SMARTS) is 1. The SMILES string of the molecule is CC(=O)CCCCCCCCCCCCCCC(C(=O)O)S(=O)(=O)O. The lowest BCUT2D eigenvalue weighted by Gasteiger charge is -2.08. The molecule has 0 aromatic heterocycles. The van der Waals surface area contributed by atoms with Crippen LogP contribution < -0.4 is 0 Å². The zero-order chi connectivity index (χ0) is 19.1. The quantitative estimate of drug-likeness (QED) is 0.287. The first-order chi connectivity index (χ1) is 11.7. The molecule has 0 rings (SSSR count). The molecule has 2 N–H and O–H groups in total. The molecule has 0 saturated carbocycles. The lowest BCUT2D eigenvalue weighted by atomic mass is 10.0. The third-order valence-electron chi connectivity index (χ3n) is 4.38. The molecule has 1 atom stereocenters. The van der Waals surface area contributed by atoms with Crippen molar-refractivity contribution in [3.05, 3.63) is 0 Å². The van der Waals surface area contributed by atoms with E-state index in [1.54, 1.807) is 6.92 Å². The van der Waals surface area contributed by atoms with Crippen molar-refractivity contribution in [1.29, 1.82) is 0 Å². The van der Waals surface area contributed by atoms with Gasteiger partial charge in [-0.15, -0.1) is 0 Å². The minimum absolute atomic E-state index is 0.0300. The van der Waals surface area contributed by atoms with E-state index in [9.17, 15) is 18.0 Å². The summed E-state index contributed by atoms with van der Waals surface area (Å²) in [6.45, 7) is 1.64. The molecule has 0 spiro atoms. The summed E-state index contributed by atoms with van der Waals surface area (Å²) >= 11 is 0. The van der Waals surface area contributed by atoms with Gasteiger partial charge in [-0.1, -0.05) is 70.6 Å². The highest BCUT2D eigenvalue weighted by Crippen LogP contribution is 2.15. The molecule has 0 radical (unpaired) electrons. The lowest BCUT2D eigenvalue weighted by molar-refractivity contribution is -0.136. The molecule has 0 heterocycles. The van der Waals surface area contributed by atoms with E-state index in [-0.39, 0.29) is 12.2 Å². The first kappa shape index (κ1) is 24.1. The highest BCUT2D eigenvalue weighted by atomic mass is 32.2. The molecule has 148 valence electrons. The Hall–Kier alpha value is -0.950. The molecule has 0 amide bonds. The van der Waals surface area contributed by atoms with E-state index in [1.807, 2.05) is 0 Å². The third-order valence-corrected chi connectivity index (χ3v) is 5.54. The fraction of sp³-hybridized carbons (Fsp3) is 0.889. The van der Waals surface area contributed by atoms with Crippen LogP contribution >= 0.6 is 0 Å². The van der Waals surface area contributed by atoms with Gasteiger partial charge in [-0.3, -0.25) is 9.35 Å². The number of Topliss-reactive ketones (excluding diaryl/α,β-unsaturated/α-hetero) is 1. The minimum Gasteiger partial charge on any atom is -0.480 e. The molecule has 0 bridgehead atoms. The van der Waals surface area contributed by atoms with Gasteiger partial charge in [-0.05, 0) is 19.8 Å². The number of hydrogen-bond acceptors (Lipinski definition) is 4. The Labute approximate surface area is 152 Å². The van der Waals surface area contributed by atoms with Crippen molar-refractivity contribution >= 4 is 21.9 Å². The van der Waals surface area contributed by atoms with E-state index in [0.29, 0.717) is 12.8 Å². The molecule has 0 aromatic carbocycles. The first-order valence-electron chi connectivity index (χ1n) is 9.43. The van der Waals surface area contributed by atoms with Crippen LogP contribution in [-0.4, -0.2) is 35.1 Å². The summed E-state index contributed by atoms with van der Waals surface area (Å²) in [5, 5.41) is 7.08. The number of carbonyl (C=O) groups excluding carboxylic acids is 1. The smallest absolute Gasteiger partial charge is 0.324 e. The number of unbranched alkanes of at least 4 members (excludes halogenated alkanes) is 11. The van der Waals surface area contributed by atoms with E-state index in [4.69, 9.17) is 9.66 Å². The van der Waals surface area contributed by atoms with Gasteiger partial charge < -0.3 is 9.90 Å². The molecule has 7 heteroatoms. The van der Waals surface area contributed by atoms with E-state index in [1.165, 1.54) is 32.1 Å².